The first-order chi connectivity index (χ1) is 11.9. The number of aliphatic carboxylic acids is 2. The average molecular weight is 340 g/mol. The minimum atomic E-state index is -1.95. The lowest BCUT2D eigenvalue weighted by Gasteiger charge is -2.45. The van der Waals surface area contributed by atoms with Gasteiger partial charge in [-0.1, -0.05) is 74.5 Å². The third-order valence-electron chi connectivity index (χ3n) is 5.39. The number of hydrogen-bond acceptors (Lipinski definition) is 2. The van der Waals surface area contributed by atoms with Gasteiger partial charge in [0.15, 0.2) is 5.41 Å². The number of carboxylic acid groups (broad SMARTS) is 2. The van der Waals surface area contributed by atoms with Crippen molar-refractivity contribution in [1.82, 2.24) is 0 Å². The first-order valence-corrected chi connectivity index (χ1v) is 8.51. The number of carbonyl (C=O) groups is 2. The van der Waals surface area contributed by atoms with Crippen molar-refractivity contribution in [1.29, 1.82) is 0 Å². The van der Waals surface area contributed by atoms with Gasteiger partial charge >= 0.3 is 11.9 Å². The molecule has 2 aromatic rings. The summed E-state index contributed by atoms with van der Waals surface area (Å²) < 4.78 is 0. The molecule has 132 valence electrons. The smallest absolute Gasteiger partial charge is 0.322 e. The molecule has 2 rings (SSSR count). The Bertz CT molecular complexity index is 704. The minimum Gasteiger partial charge on any atom is -0.480 e. The zero-order chi connectivity index (χ0) is 18.5. The van der Waals surface area contributed by atoms with Crippen LogP contribution in [-0.4, -0.2) is 22.2 Å². The molecule has 2 N–H and O–H groups in total. The lowest BCUT2D eigenvalue weighted by atomic mass is 9.55. The highest BCUT2D eigenvalue weighted by Crippen LogP contribution is 2.50. The van der Waals surface area contributed by atoms with Crippen LogP contribution in [-0.2, 0) is 21.4 Å². The summed E-state index contributed by atoms with van der Waals surface area (Å²) >= 11 is 0. The molecule has 0 aliphatic rings. The quantitative estimate of drug-likeness (QED) is 0.708. The maximum absolute atomic E-state index is 12.4. The van der Waals surface area contributed by atoms with Crippen molar-refractivity contribution in [2.75, 3.05) is 0 Å². The van der Waals surface area contributed by atoms with Crippen LogP contribution in [0.2, 0.25) is 0 Å². The Balaban J connectivity index is 2.75. The third kappa shape index (κ3) is 3.04. The van der Waals surface area contributed by atoms with Crippen LogP contribution in [0.3, 0.4) is 0 Å². The average Bonchev–Trinajstić information content (AvgIpc) is 2.63. The Hall–Kier alpha value is -2.62. The molecule has 0 spiro atoms. The lowest BCUT2D eigenvalue weighted by molar-refractivity contribution is -0.172. The Labute approximate surface area is 148 Å². The van der Waals surface area contributed by atoms with Crippen LogP contribution < -0.4 is 0 Å². The predicted molar refractivity (Wildman–Crippen MR) is 96.6 cm³/mol. The molecule has 0 bridgehead atoms. The molecule has 0 fully saturated rings. The van der Waals surface area contributed by atoms with Crippen molar-refractivity contribution in [2.24, 2.45) is 5.41 Å². The summed E-state index contributed by atoms with van der Waals surface area (Å²) in [5.74, 6) is -2.59. The van der Waals surface area contributed by atoms with Crippen molar-refractivity contribution < 1.29 is 19.8 Å². The predicted octanol–water partition coefficient (Wildman–Crippen LogP) is 4.14. The van der Waals surface area contributed by atoms with Crippen LogP contribution in [0.5, 0.6) is 0 Å². The number of rotatable bonds is 8. The van der Waals surface area contributed by atoms with Gasteiger partial charge in [0.1, 0.15) is 0 Å². The Morgan fingerprint density at radius 1 is 0.800 bits per heavy atom. The van der Waals surface area contributed by atoms with Crippen molar-refractivity contribution in [2.45, 2.75) is 38.5 Å². The van der Waals surface area contributed by atoms with E-state index in [2.05, 4.69) is 0 Å². The van der Waals surface area contributed by atoms with E-state index in [4.69, 9.17) is 0 Å². The SMILES string of the molecule is CCC(CC)(c1ccccc1)C(Cc1ccccc1)(C(=O)O)C(=O)O. The molecule has 0 amide bonds. The van der Waals surface area contributed by atoms with E-state index in [9.17, 15) is 19.8 Å². The van der Waals surface area contributed by atoms with Crippen molar-refractivity contribution >= 4 is 11.9 Å². The van der Waals surface area contributed by atoms with Crippen LogP contribution in [0.15, 0.2) is 60.7 Å². The fourth-order valence-corrected chi connectivity index (χ4v) is 3.99. The van der Waals surface area contributed by atoms with Crippen molar-refractivity contribution in [3.8, 4) is 0 Å². The van der Waals surface area contributed by atoms with Gasteiger partial charge in [-0.3, -0.25) is 9.59 Å². The molecule has 4 nitrogen and oxygen atoms in total. The van der Waals surface area contributed by atoms with Gasteiger partial charge < -0.3 is 10.2 Å². The second-order valence-electron chi connectivity index (χ2n) is 6.33. The molecular formula is C21H24O4. The van der Waals surface area contributed by atoms with E-state index in [0.717, 1.165) is 5.56 Å². The zero-order valence-corrected chi connectivity index (χ0v) is 14.6. The molecule has 0 aliphatic heterocycles. The summed E-state index contributed by atoms with van der Waals surface area (Å²) in [4.78, 5) is 24.8. The fourth-order valence-electron chi connectivity index (χ4n) is 3.99. The van der Waals surface area contributed by atoms with Gasteiger partial charge in [0.2, 0.25) is 0 Å². The second-order valence-corrected chi connectivity index (χ2v) is 6.33. The number of hydrogen-bond donors (Lipinski definition) is 2. The molecule has 0 aliphatic carbocycles. The highest BCUT2D eigenvalue weighted by molar-refractivity contribution is 6.00. The number of benzene rings is 2. The van der Waals surface area contributed by atoms with E-state index in [0.29, 0.717) is 18.4 Å². The van der Waals surface area contributed by atoms with E-state index in [1.807, 2.05) is 50.2 Å². The molecule has 4 heteroatoms. The molecule has 2 aromatic carbocycles. The standard InChI is InChI=1S/C21H24O4/c1-3-20(4-2,17-13-9-6-10-14-17)21(18(22)23,19(24)25)15-16-11-7-5-8-12-16/h5-14H,3-4,15H2,1-2H3,(H,22,23)(H,24,25). The first kappa shape index (κ1) is 18.7. The molecule has 0 unspecified atom stereocenters. The fraction of sp³-hybridized carbons (Fsp3) is 0.333. The van der Waals surface area contributed by atoms with Gasteiger partial charge in [0, 0.05) is 11.8 Å². The largest absolute Gasteiger partial charge is 0.480 e. The maximum atomic E-state index is 12.4. The minimum absolute atomic E-state index is 0.0604. The van der Waals surface area contributed by atoms with Crippen LogP contribution in [0.25, 0.3) is 0 Å². The van der Waals surface area contributed by atoms with Gasteiger partial charge in [-0.05, 0) is 24.0 Å². The molecule has 0 atom stereocenters. The first-order valence-electron chi connectivity index (χ1n) is 8.51. The lowest BCUT2D eigenvalue weighted by Crippen LogP contribution is -2.57. The van der Waals surface area contributed by atoms with Gasteiger partial charge in [0.05, 0.1) is 0 Å². The van der Waals surface area contributed by atoms with E-state index in [1.165, 1.54) is 0 Å². The summed E-state index contributed by atoms with van der Waals surface area (Å²) in [6.07, 6.45) is 0.771. The van der Waals surface area contributed by atoms with Crippen molar-refractivity contribution in [3.05, 3.63) is 71.8 Å². The Morgan fingerprint density at radius 2 is 1.24 bits per heavy atom. The van der Waals surface area contributed by atoms with Crippen LogP contribution in [0, 0.1) is 5.41 Å². The Morgan fingerprint density at radius 3 is 1.64 bits per heavy atom. The summed E-state index contributed by atoms with van der Waals surface area (Å²) in [6, 6.07) is 18.1. The van der Waals surface area contributed by atoms with Crippen LogP contribution in [0.4, 0.5) is 0 Å². The van der Waals surface area contributed by atoms with Gasteiger partial charge in [-0.25, -0.2) is 0 Å². The molecular weight excluding hydrogens is 316 g/mol. The monoisotopic (exact) mass is 340 g/mol. The summed E-state index contributed by atoms with van der Waals surface area (Å²) in [5.41, 5.74) is -1.50. The highest BCUT2D eigenvalue weighted by Gasteiger charge is 2.61. The normalized spacial score (nSPS) is 11.9. The summed E-state index contributed by atoms with van der Waals surface area (Å²) in [6.45, 7) is 3.73. The molecule has 0 saturated heterocycles. The number of carboxylic acids is 2. The molecule has 0 heterocycles. The second kappa shape index (κ2) is 7.51. The third-order valence-corrected chi connectivity index (χ3v) is 5.39. The molecule has 0 saturated carbocycles. The summed E-state index contributed by atoms with van der Waals surface area (Å²) in [7, 11) is 0. The Kier molecular flexibility index (Phi) is 5.62. The van der Waals surface area contributed by atoms with Gasteiger partial charge in [-0.2, -0.15) is 0 Å². The van der Waals surface area contributed by atoms with E-state index in [-0.39, 0.29) is 6.42 Å². The molecule has 25 heavy (non-hydrogen) atoms. The molecule has 0 radical (unpaired) electrons. The van der Waals surface area contributed by atoms with Crippen LogP contribution in [0.1, 0.15) is 37.8 Å². The molecule has 0 aromatic heterocycles. The van der Waals surface area contributed by atoms with E-state index < -0.39 is 22.8 Å². The maximum Gasteiger partial charge on any atom is 0.322 e. The zero-order valence-electron chi connectivity index (χ0n) is 14.6. The van der Waals surface area contributed by atoms with E-state index in [1.54, 1.807) is 24.3 Å². The highest BCUT2D eigenvalue weighted by atomic mass is 16.4. The van der Waals surface area contributed by atoms with Crippen LogP contribution >= 0.6 is 0 Å². The summed E-state index contributed by atoms with van der Waals surface area (Å²) in [5, 5.41) is 20.3. The van der Waals surface area contributed by atoms with Gasteiger partial charge in [0.25, 0.3) is 0 Å². The van der Waals surface area contributed by atoms with Crippen molar-refractivity contribution in [3.63, 3.8) is 0 Å². The topological polar surface area (TPSA) is 74.6 Å². The van der Waals surface area contributed by atoms with E-state index >= 15 is 0 Å². The van der Waals surface area contributed by atoms with Gasteiger partial charge in [-0.15, -0.1) is 0 Å².